The lowest BCUT2D eigenvalue weighted by atomic mass is 10.1. The van der Waals surface area contributed by atoms with Crippen LogP contribution in [0.25, 0.3) is 0 Å². The van der Waals surface area contributed by atoms with Crippen LogP contribution in [0.2, 0.25) is 0 Å². The van der Waals surface area contributed by atoms with Gasteiger partial charge in [0.1, 0.15) is 0 Å². The minimum absolute atomic E-state index is 0.0152. The van der Waals surface area contributed by atoms with Crippen molar-refractivity contribution in [2.45, 2.75) is 38.8 Å². The molecule has 1 aromatic carbocycles. The minimum atomic E-state index is -0.205. The van der Waals surface area contributed by atoms with Crippen molar-refractivity contribution in [3.63, 3.8) is 0 Å². The average Bonchev–Trinajstić information content (AvgIpc) is 2.27. The summed E-state index contributed by atoms with van der Waals surface area (Å²) in [6.45, 7) is 6.32. The van der Waals surface area contributed by atoms with Crippen LogP contribution in [0, 0.1) is 0 Å². The van der Waals surface area contributed by atoms with E-state index < -0.39 is 0 Å². The highest BCUT2D eigenvalue weighted by atomic mass is 16.1. The van der Waals surface area contributed by atoms with Gasteiger partial charge < -0.3 is 16.4 Å². The number of para-hydroxylation sites is 1. The first-order valence-corrected chi connectivity index (χ1v) is 6.23. The SMILES string of the molecule is CC(C)(C)NC(=O)CC(CN)Nc1ccccc1. The second-order valence-corrected chi connectivity index (χ2v) is 5.45. The molecule has 100 valence electrons. The molecule has 1 amide bonds. The van der Waals surface area contributed by atoms with Crippen molar-refractivity contribution in [2.75, 3.05) is 11.9 Å². The Bertz CT molecular complexity index is 370. The Morgan fingerprint density at radius 2 is 1.89 bits per heavy atom. The van der Waals surface area contributed by atoms with Crippen LogP contribution in [0.5, 0.6) is 0 Å². The van der Waals surface area contributed by atoms with Gasteiger partial charge >= 0.3 is 0 Å². The molecule has 1 unspecified atom stereocenters. The second kappa shape index (κ2) is 6.40. The summed E-state index contributed by atoms with van der Waals surface area (Å²) in [6.07, 6.45) is 0.378. The van der Waals surface area contributed by atoms with Gasteiger partial charge in [-0.15, -0.1) is 0 Å². The van der Waals surface area contributed by atoms with Crippen LogP contribution in [0.1, 0.15) is 27.2 Å². The molecule has 0 spiro atoms. The molecule has 0 heterocycles. The first-order chi connectivity index (χ1) is 8.40. The van der Waals surface area contributed by atoms with Crippen molar-refractivity contribution in [1.82, 2.24) is 5.32 Å². The number of nitrogens with one attached hydrogen (secondary N) is 2. The summed E-state index contributed by atoms with van der Waals surface area (Å²) in [7, 11) is 0. The third kappa shape index (κ3) is 5.68. The van der Waals surface area contributed by atoms with E-state index in [9.17, 15) is 4.79 Å². The van der Waals surface area contributed by atoms with Crippen LogP contribution in [0.4, 0.5) is 5.69 Å². The molecular weight excluding hydrogens is 226 g/mol. The van der Waals surface area contributed by atoms with E-state index in [0.29, 0.717) is 13.0 Å². The molecule has 0 saturated heterocycles. The Morgan fingerprint density at radius 3 is 2.39 bits per heavy atom. The van der Waals surface area contributed by atoms with Crippen molar-refractivity contribution >= 4 is 11.6 Å². The summed E-state index contributed by atoms with van der Waals surface area (Å²) in [5.41, 5.74) is 6.47. The van der Waals surface area contributed by atoms with Crippen molar-refractivity contribution in [3.8, 4) is 0 Å². The summed E-state index contributed by atoms with van der Waals surface area (Å²) in [5.74, 6) is 0.0152. The third-order valence-corrected chi connectivity index (χ3v) is 2.38. The van der Waals surface area contributed by atoms with Crippen molar-refractivity contribution in [3.05, 3.63) is 30.3 Å². The highest BCUT2D eigenvalue weighted by Crippen LogP contribution is 2.09. The van der Waals surface area contributed by atoms with E-state index in [0.717, 1.165) is 5.69 Å². The molecule has 0 aliphatic heterocycles. The van der Waals surface area contributed by atoms with E-state index in [1.54, 1.807) is 0 Å². The Labute approximate surface area is 109 Å². The molecule has 4 N–H and O–H groups in total. The van der Waals surface area contributed by atoms with Crippen LogP contribution in [-0.4, -0.2) is 24.0 Å². The van der Waals surface area contributed by atoms with Gasteiger partial charge in [-0.05, 0) is 32.9 Å². The number of nitrogens with two attached hydrogens (primary N) is 1. The lowest BCUT2D eigenvalue weighted by molar-refractivity contribution is -0.122. The third-order valence-electron chi connectivity index (χ3n) is 2.38. The van der Waals surface area contributed by atoms with Gasteiger partial charge in [-0.25, -0.2) is 0 Å². The summed E-state index contributed by atoms with van der Waals surface area (Å²) >= 11 is 0. The lowest BCUT2D eigenvalue weighted by Gasteiger charge is -2.23. The van der Waals surface area contributed by atoms with Crippen LogP contribution in [-0.2, 0) is 4.79 Å². The fourth-order valence-corrected chi connectivity index (χ4v) is 1.66. The molecule has 4 heteroatoms. The van der Waals surface area contributed by atoms with E-state index in [1.807, 2.05) is 51.1 Å². The Balaban J connectivity index is 2.50. The molecular formula is C14H23N3O. The second-order valence-electron chi connectivity index (χ2n) is 5.45. The standard InChI is InChI=1S/C14H23N3O/c1-14(2,3)17-13(18)9-12(10-15)16-11-7-5-4-6-8-11/h4-8,12,16H,9-10,15H2,1-3H3,(H,17,18). The zero-order valence-corrected chi connectivity index (χ0v) is 11.4. The molecule has 1 rings (SSSR count). The van der Waals surface area contributed by atoms with Gasteiger partial charge in [0.25, 0.3) is 0 Å². The maximum atomic E-state index is 11.8. The molecule has 0 radical (unpaired) electrons. The van der Waals surface area contributed by atoms with Gasteiger partial charge in [0.15, 0.2) is 0 Å². The summed E-state index contributed by atoms with van der Waals surface area (Å²) < 4.78 is 0. The first kappa shape index (κ1) is 14.5. The van der Waals surface area contributed by atoms with Gasteiger partial charge in [-0.1, -0.05) is 18.2 Å². The zero-order valence-electron chi connectivity index (χ0n) is 11.4. The smallest absolute Gasteiger partial charge is 0.222 e. The number of carbonyl (C=O) groups is 1. The number of carbonyl (C=O) groups excluding carboxylic acids is 1. The molecule has 4 nitrogen and oxygen atoms in total. The fraction of sp³-hybridized carbons (Fsp3) is 0.500. The van der Waals surface area contributed by atoms with Crippen LogP contribution >= 0.6 is 0 Å². The number of anilines is 1. The van der Waals surface area contributed by atoms with Crippen molar-refractivity contribution in [2.24, 2.45) is 5.73 Å². The normalized spacial score (nSPS) is 12.9. The quantitative estimate of drug-likeness (QED) is 0.744. The van der Waals surface area contributed by atoms with Crippen LogP contribution in [0.3, 0.4) is 0 Å². The molecule has 0 aromatic heterocycles. The molecule has 0 aliphatic rings. The molecule has 0 saturated carbocycles. The van der Waals surface area contributed by atoms with E-state index >= 15 is 0 Å². The van der Waals surface area contributed by atoms with Crippen LogP contribution < -0.4 is 16.4 Å². The number of rotatable bonds is 5. The maximum absolute atomic E-state index is 11.8. The zero-order chi connectivity index (χ0) is 13.6. The van der Waals surface area contributed by atoms with Gasteiger partial charge in [0.05, 0.1) is 0 Å². The predicted molar refractivity (Wildman–Crippen MR) is 75.4 cm³/mol. The van der Waals surface area contributed by atoms with Gasteiger partial charge in [-0.3, -0.25) is 4.79 Å². The molecule has 1 atom stereocenters. The highest BCUT2D eigenvalue weighted by Gasteiger charge is 2.17. The Hall–Kier alpha value is -1.55. The summed E-state index contributed by atoms with van der Waals surface area (Å²) in [6, 6.07) is 9.73. The van der Waals surface area contributed by atoms with E-state index in [2.05, 4.69) is 10.6 Å². The molecule has 0 fully saturated rings. The molecule has 0 aliphatic carbocycles. The number of hydrogen-bond acceptors (Lipinski definition) is 3. The van der Waals surface area contributed by atoms with Gasteiger partial charge in [-0.2, -0.15) is 0 Å². The molecule has 0 bridgehead atoms. The number of amides is 1. The molecule has 18 heavy (non-hydrogen) atoms. The largest absolute Gasteiger partial charge is 0.381 e. The average molecular weight is 249 g/mol. The van der Waals surface area contributed by atoms with Crippen molar-refractivity contribution < 1.29 is 4.79 Å². The number of benzene rings is 1. The maximum Gasteiger partial charge on any atom is 0.222 e. The van der Waals surface area contributed by atoms with E-state index in [4.69, 9.17) is 5.73 Å². The van der Waals surface area contributed by atoms with Gasteiger partial charge in [0, 0.05) is 30.2 Å². The monoisotopic (exact) mass is 249 g/mol. The summed E-state index contributed by atoms with van der Waals surface area (Å²) in [5, 5.41) is 6.19. The summed E-state index contributed by atoms with van der Waals surface area (Å²) in [4.78, 5) is 11.8. The van der Waals surface area contributed by atoms with Crippen LogP contribution in [0.15, 0.2) is 30.3 Å². The first-order valence-electron chi connectivity index (χ1n) is 6.23. The molecule has 1 aromatic rings. The number of hydrogen-bond donors (Lipinski definition) is 3. The topological polar surface area (TPSA) is 67.2 Å². The van der Waals surface area contributed by atoms with Crippen molar-refractivity contribution in [1.29, 1.82) is 0 Å². The van der Waals surface area contributed by atoms with E-state index in [-0.39, 0.29) is 17.5 Å². The lowest BCUT2D eigenvalue weighted by Crippen LogP contribution is -2.44. The highest BCUT2D eigenvalue weighted by molar-refractivity contribution is 5.77. The minimum Gasteiger partial charge on any atom is -0.381 e. The van der Waals surface area contributed by atoms with E-state index in [1.165, 1.54) is 0 Å². The Kier molecular flexibility index (Phi) is 5.16. The fourth-order valence-electron chi connectivity index (χ4n) is 1.66. The Morgan fingerprint density at radius 1 is 1.28 bits per heavy atom. The van der Waals surface area contributed by atoms with Gasteiger partial charge in [0.2, 0.25) is 5.91 Å². The predicted octanol–water partition coefficient (Wildman–Crippen LogP) is 1.73.